The largest absolute Gasteiger partial charge is 0.388 e. The van der Waals surface area contributed by atoms with Crippen LogP contribution in [0.2, 0.25) is 0 Å². The first-order chi connectivity index (χ1) is 10.3. The van der Waals surface area contributed by atoms with E-state index in [9.17, 15) is 9.90 Å². The van der Waals surface area contributed by atoms with Gasteiger partial charge in [0.15, 0.2) is 0 Å². The summed E-state index contributed by atoms with van der Waals surface area (Å²) in [5.41, 5.74) is 2.12. The summed E-state index contributed by atoms with van der Waals surface area (Å²) < 4.78 is 0. The molecule has 1 aliphatic rings. The third-order valence-corrected chi connectivity index (χ3v) is 5.89. The van der Waals surface area contributed by atoms with Crippen molar-refractivity contribution in [1.82, 2.24) is 0 Å². The maximum absolute atomic E-state index is 11.7. The lowest BCUT2D eigenvalue weighted by atomic mass is 9.78. The quantitative estimate of drug-likeness (QED) is 0.790. The monoisotopic (exact) mass is 302 g/mol. The second kappa shape index (κ2) is 6.95. The Morgan fingerprint density at radius 2 is 1.64 bits per heavy atom. The molecule has 0 aliphatic heterocycles. The molecule has 0 heterocycles. The molecule has 22 heavy (non-hydrogen) atoms. The number of hydrogen-bond donors (Lipinski definition) is 1. The van der Waals surface area contributed by atoms with Gasteiger partial charge in [-0.05, 0) is 54.6 Å². The molecule has 1 aromatic rings. The highest BCUT2D eigenvalue weighted by molar-refractivity contribution is 5.79. The number of ketones is 1. The zero-order valence-corrected chi connectivity index (χ0v) is 14.5. The van der Waals surface area contributed by atoms with Gasteiger partial charge < -0.3 is 5.11 Å². The molecule has 0 saturated heterocycles. The van der Waals surface area contributed by atoms with Gasteiger partial charge in [0, 0.05) is 5.92 Å². The van der Waals surface area contributed by atoms with Crippen LogP contribution in [0, 0.1) is 23.7 Å². The van der Waals surface area contributed by atoms with Gasteiger partial charge in [-0.2, -0.15) is 0 Å². The molecule has 0 aromatic heterocycles. The van der Waals surface area contributed by atoms with Crippen LogP contribution in [0.1, 0.15) is 70.6 Å². The average molecular weight is 302 g/mol. The topological polar surface area (TPSA) is 37.3 Å². The minimum absolute atomic E-state index is 0.0236. The predicted octanol–water partition coefficient (Wildman–Crippen LogP) is 4.73. The highest BCUT2D eigenvalue weighted by Crippen LogP contribution is 2.44. The Morgan fingerprint density at radius 3 is 2.14 bits per heavy atom. The molecule has 5 unspecified atom stereocenters. The summed E-state index contributed by atoms with van der Waals surface area (Å²) in [6.45, 7) is 10.1. The van der Waals surface area contributed by atoms with Gasteiger partial charge in [0.2, 0.25) is 0 Å². The maximum atomic E-state index is 11.7. The fraction of sp³-hybridized carbons (Fsp3) is 0.650. The molecule has 0 radical (unpaired) electrons. The molecule has 2 rings (SSSR count). The molecule has 2 heteroatoms. The molecule has 1 saturated carbocycles. The van der Waals surface area contributed by atoms with Crippen molar-refractivity contribution >= 4 is 5.78 Å². The van der Waals surface area contributed by atoms with Gasteiger partial charge in [-0.15, -0.1) is 0 Å². The number of aliphatic hydroxyl groups excluding tert-OH is 1. The van der Waals surface area contributed by atoms with Gasteiger partial charge in [-0.25, -0.2) is 0 Å². The molecule has 0 bridgehead atoms. The number of Topliss-reactive ketones (excluding diaryl/α,β-unsaturated/α-hetero) is 1. The van der Waals surface area contributed by atoms with Crippen molar-refractivity contribution in [2.45, 2.75) is 59.5 Å². The maximum Gasteiger partial charge on any atom is 0.133 e. The molecule has 122 valence electrons. The lowest BCUT2D eigenvalue weighted by Crippen LogP contribution is -2.22. The predicted molar refractivity (Wildman–Crippen MR) is 90.7 cm³/mol. The van der Waals surface area contributed by atoms with E-state index in [4.69, 9.17) is 0 Å². The van der Waals surface area contributed by atoms with Crippen molar-refractivity contribution in [2.24, 2.45) is 23.7 Å². The van der Waals surface area contributed by atoms with Crippen LogP contribution >= 0.6 is 0 Å². The van der Waals surface area contributed by atoms with E-state index in [1.807, 2.05) is 25.1 Å². The molecule has 0 amide bonds. The Balaban J connectivity index is 2.25. The van der Waals surface area contributed by atoms with Crippen LogP contribution < -0.4 is 0 Å². The molecular formula is C20H30O2. The van der Waals surface area contributed by atoms with Gasteiger partial charge in [0.25, 0.3) is 0 Å². The fourth-order valence-electron chi connectivity index (χ4n) is 3.44. The molecular weight excluding hydrogens is 272 g/mol. The first-order valence-electron chi connectivity index (χ1n) is 8.61. The third-order valence-electron chi connectivity index (χ3n) is 5.89. The number of aliphatic hydroxyl groups is 1. The lowest BCUT2D eigenvalue weighted by molar-refractivity contribution is -0.120. The van der Waals surface area contributed by atoms with Crippen molar-refractivity contribution in [2.75, 3.05) is 0 Å². The van der Waals surface area contributed by atoms with E-state index in [0.717, 1.165) is 17.0 Å². The van der Waals surface area contributed by atoms with Crippen molar-refractivity contribution in [3.8, 4) is 0 Å². The van der Waals surface area contributed by atoms with Crippen LogP contribution in [-0.4, -0.2) is 10.9 Å². The number of hydrogen-bond acceptors (Lipinski definition) is 2. The van der Waals surface area contributed by atoms with Crippen molar-refractivity contribution in [3.05, 3.63) is 35.4 Å². The van der Waals surface area contributed by atoms with E-state index < -0.39 is 6.10 Å². The Hall–Kier alpha value is -1.15. The highest BCUT2D eigenvalue weighted by atomic mass is 16.3. The summed E-state index contributed by atoms with van der Waals surface area (Å²) in [4.78, 5) is 11.7. The summed E-state index contributed by atoms with van der Waals surface area (Å²) in [6, 6.07) is 8.09. The van der Waals surface area contributed by atoms with Gasteiger partial charge in [-0.1, -0.05) is 52.0 Å². The zero-order chi connectivity index (χ0) is 16.4. The Morgan fingerprint density at radius 1 is 1.09 bits per heavy atom. The highest BCUT2D eigenvalue weighted by Gasteiger charge is 2.35. The number of carbonyl (C=O) groups excluding carboxylic acids is 1. The minimum atomic E-state index is -0.451. The number of benzene rings is 1. The van der Waals surface area contributed by atoms with Crippen molar-refractivity contribution in [1.29, 1.82) is 0 Å². The van der Waals surface area contributed by atoms with Crippen LogP contribution in [0.3, 0.4) is 0 Å². The van der Waals surface area contributed by atoms with Crippen molar-refractivity contribution < 1.29 is 9.90 Å². The van der Waals surface area contributed by atoms with E-state index in [0.29, 0.717) is 5.92 Å². The first kappa shape index (κ1) is 17.2. The SMILES string of the molecule is CC(=O)C(C)C(C)c1ccccc1C(O)C(C)C(C)C1CC1. The Labute approximate surface area is 134 Å². The first-order valence-corrected chi connectivity index (χ1v) is 8.61. The van der Waals surface area contributed by atoms with Crippen LogP contribution in [0.4, 0.5) is 0 Å². The summed E-state index contributed by atoms with van der Waals surface area (Å²) in [5.74, 6) is 1.88. The summed E-state index contributed by atoms with van der Waals surface area (Å²) >= 11 is 0. The van der Waals surface area contributed by atoms with Crippen LogP contribution in [-0.2, 0) is 4.79 Å². The second-order valence-electron chi connectivity index (χ2n) is 7.32. The fourth-order valence-corrected chi connectivity index (χ4v) is 3.44. The Kier molecular flexibility index (Phi) is 5.44. The summed E-state index contributed by atoms with van der Waals surface area (Å²) in [7, 11) is 0. The van der Waals surface area contributed by atoms with Gasteiger partial charge >= 0.3 is 0 Å². The van der Waals surface area contributed by atoms with E-state index >= 15 is 0 Å². The van der Waals surface area contributed by atoms with Gasteiger partial charge in [0.1, 0.15) is 5.78 Å². The number of rotatable bonds is 7. The van der Waals surface area contributed by atoms with Gasteiger partial charge in [-0.3, -0.25) is 4.79 Å². The standard InChI is InChI=1S/C20H30O2/c1-12(16(5)21)14(3)18-8-6-7-9-19(18)20(22)15(4)13(2)17-10-11-17/h6-9,12-15,17,20,22H,10-11H2,1-5H3. The number of carbonyl (C=O) groups is 1. The minimum Gasteiger partial charge on any atom is -0.388 e. The zero-order valence-electron chi connectivity index (χ0n) is 14.5. The van der Waals surface area contributed by atoms with Crippen LogP contribution in [0.15, 0.2) is 24.3 Å². The van der Waals surface area contributed by atoms with E-state index in [-0.39, 0.29) is 23.5 Å². The third kappa shape index (κ3) is 3.60. The van der Waals surface area contributed by atoms with E-state index in [1.165, 1.54) is 12.8 Å². The molecule has 2 nitrogen and oxygen atoms in total. The average Bonchev–Trinajstić information content (AvgIpc) is 3.36. The van der Waals surface area contributed by atoms with E-state index in [1.54, 1.807) is 6.92 Å². The molecule has 1 fully saturated rings. The molecule has 1 aromatic carbocycles. The molecule has 1 aliphatic carbocycles. The molecule has 5 atom stereocenters. The second-order valence-corrected chi connectivity index (χ2v) is 7.32. The lowest BCUT2D eigenvalue weighted by Gasteiger charge is -2.29. The van der Waals surface area contributed by atoms with Crippen LogP contribution in [0.25, 0.3) is 0 Å². The van der Waals surface area contributed by atoms with Gasteiger partial charge in [0.05, 0.1) is 6.10 Å². The smallest absolute Gasteiger partial charge is 0.133 e. The Bertz CT molecular complexity index is 518. The normalized spacial score (nSPS) is 21.7. The summed E-state index contributed by atoms with van der Waals surface area (Å²) in [5, 5.41) is 10.9. The van der Waals surface area contributed by atoms with Crippen molar-refractivity contribution in [3.63, 3.8) is 0 Å². The molecule has 1 N–H and O–H groups in total. The molecule has 0 spiro atoms. The van der Waals surface area contributed by atoms with E-state index in [2.05, 4.69) is 26.8 Å². The van der Waals surface area contributed by atoms with Crippen LogP contribution in [0.5, 0.6) is 0 Å². The summed E-state index contributed by atoms with van der Waals surface area (Å²) in [6.07, 6.45) is 2.16.